The second-order valence-electron chi connectivity index (χ2n) is 5.49. The monoisotopic (exact) mass is 333 g/mol. The predicted molar refractivity (Wildman–Crippen MR) is 75.8 cm³/mol. The van der Waals surface area contributed by atoms with Crippen molar-refractivity contribution in [3.63, 3.8) is 0 Å². The molecule has 0 aliphatic heterocycles. The average molecular weight is 333 g/mol. The van der Waals surface area contributed by atoms with E-state index in [9.17, 15) is 22.8 Å². The first-order valence-corrected chi connectivity index (χ1v) is 6.73. The Kier molecular flexibility index (Phi) is 6.14. The summed E-state index contributed by atoms with van der Waals surface area (Å²) in [5.41, 5.74) is -1.79. The number of hydrogen-bond donors (Lipinski definition) is 2. The number of nitrogens with one attached hydrogen (secondary N) is 1. The molecule has 0 saturated carbocycles. The highest BCUT2D eigenvalue weighted by atomic mass is 19.4. The lowest BCUT2D eigenvalue weighted by molar-refractivity contribution is -0.140. The third-order valence-corrected chi connectivity index (χ3v) is 3.06. The molecule has 23 heavy (non-hydrogen) atoms. The van der Waals surface area contributed by atoms with E-state index < -0.39 is 29.2 Å². The maximum atomic E-state index is 12.6. The van der Waals surface area contributed by atoms with Crippen molar-refractivity contribution in [3.8, 4) is 0 Å². The zero-order chi connectivity index (χ0) is 17.7. The van der Waals surface area contributed by atoms with Crippen LogP contribution in [0.1, 0.15) is 24.5 Å². The van der Waals surface area contributed by atoms with Gasteiger partial charge >= 0.3 is 12.1 Å². The molecule has 8 heteroatoms. The lowest BCUT2D eigenvalue weighted by Gasteiger charge is -2.28. The van der Waals surface area contributed by atoms with Crippen molar-refractivity contribution in [1.82, 2.24) is 5.32 Å². The largest absolute Gasteiger partial charge is 0.481 e. The van der Waals surface area contributed by atoms with Crippen LogP contribution in [0.25, 0.3) is 0 Å². The Morgan fingerprint density at radius 3 is 2.48 bits per heavy atom. The van der Waals surface area contributed by atoms with Gasteiger partial charge in [-0.15, -0.1) is 0 Å². The van der Waals surface area contributed by atoms with E-state index in [1.165, 1.54) is 26.2 Å². The number of carbonyl (C=O) groups is 2. The molecule has 0 saturated heterocycles. The Morgan fingerprint density at radius 2 is 1.96 bits per heavy atom. The second kappa shape index (κ2) is 7.45. The van der Waals surface area contributed by atoms with E-state index in [2.05, 4.69) is 5.32 Å². The number of carboxylic acids is 1. The SMILES string of the molecule is COCC(C)(CC(=O)O)NC(=O)Cc1cccc(C(F)(F)F)c1. The van der Waals surface area contributed by atoms with Crippen LogP contribution in [-0.2, 0) is 26.9 Å². The third-order valence-electron chi connectivity index (χ3n) is 3.06. The molecule has 0 heterocycles. The summed E-state index contributed by atoms with van der Waals surface area (Å²) in [6.07, 6.45) is -5.14. The van der Waals surface area contributed by atoms with Crippen molar-refractivity contribution < 1.29 is 32.6 Å². The van der Waals surface area contributed by atoms with Crippen molar-refractivity contribution in [3.05, 3.63) is 35.4 Å². The van der Waals surface area contributed by atoms with Gasteiger partial charge in [0.1, 0.15) is 0 Å². The Labute approximate surface area is 131 Å². The van der Waals surface area contributed by atoms with Gasteiger partial charge in [-0.2, -0.15) is 13.2 Å². The van der Waals surface area contributed by atoms with Gasteiger partial charge in [0.25, 0.3) is 0 Å². The molecular weight excluding hydrogens is 315 g/mol. The first-order valence-electron chi connectivity index (χ1n) is 6.73. The Hall–Kier alpha value is -2.09. The van der Waals surface area contributed by atoms with Crippen LogP contribution in [0.3, 0.4) is 0 Å². The van der Waals surface area contributed by atoms with E-state index in [1.807, 2.05) is 0 Å². The molecule has 0 aliphatic rings. The molecule has 1 unspecified atom stereocenters. The molecule has 5 nitrogen and oxygen atoms in total. The lowest BCUT2D eigenvalue weighted by atomic mass is 9.98. The second-order valence-corrected chi connectivity index (χ2v) is 5.49. The highest BCUT2D eigenvalue weighted by Gasteiger charge is 2.31. The fourth-order valence-corrected chi connectivity index (χ4v) is 2.21. The summed E-state index contributed by atoms with van der Waals surface area (Å²) in [6, 6.07) is 4.43. The first kappa shape index (κ1) is 19.0. The van der Waals surface area contributed by atoms with Crippen LogP contribution in [0.15, 0.2) is 24.3 Å². The summed E-state index contributed by atoms with van der Waals surface area (Å²) in [4.78, 5) is 22.9. The highest BCUT2D eigenvalue weighted by Crippen LogP contribution is 2.29. The number of benzene rings is 1. The molecule has 0 spiro atoms. The number of halogens is 3. The summed E-state index contributed by atoms with van der Waals surface area (Å²) >= 11 is 0. The zero-order valence-electron chi connectivity index (χ0n) is 12.7. The van der Waals surface area contributed by atoms with Crippen LogP contribution < -0.4 is 5.32 Å². The topological polar surface area (TPSA) is 75.6 Å². The quantitative estimate of drug-likeness (QED) is 0.802. The fraction of sp³-hybridized carbons (Fsp3) is 0.467. The van der Waals surface area contributed by atoms with E-state index in [1.54, 1.807) is 0 Å². The summed E-state index contributed by atoms with van der Waals surface area (Å²) in [7, 11) is 1.36. The van der Waals surface area contributed by atoms with Gasteiger partial charge in [-0.25, -0.2) is 0 Å². The summed E-state index contributed by atoms with van der Waals surface area (Å²) in [5.74, 6) is -1.70. The van der Waals surface area contributed by atoms with Gasteiger partial charge in [-0.1, -0.05) is 18.2 Å². The molecule has 1 aromatic carbocycles. The number of rotatable bonds is 7. The molecule has 1 rings (SSSR count). The van der Waals surface area contributed by atoms with E-state index in [4.69, 9.17) is 9.84 Å². The minimum absolute atomic E-state index is 0.0341. The van der Waals surface area contributed by atoms with Gasteiger partial charge in [0.05, 0.1) is 30.6 Å². The minimum atomic E-state index is -4.49. The molecule has 1 amide bonds. The number of carboxylic acid groups (broad SMARTS) is 1. The molecule has 128 valence electrons. The smallest absolute Gasteiger partial charge is 0.416 e. The molecule has 1 aromatic rings. The normalized spacial score (nSPS) is 14.1. The van der Waals surface area contributed by atoms with Crippen LogP contribution in [0.5, 0.6) is 0 Å². The number of aliphatic carboxylic acids is 1. The number of amides is 1. The number of alkyl halides is 3. The lowest BCUT2D eigenvalue weighted by Crippen LogP contribution is -2.51. The van der Waals surface area contributed by atoms with Gasteiger partial charge in [0, 0.05) is 7.11 Å². The van der Waals surface area contributed by atoms with Gasteiger partial charge in [-0.05, 0) is 18.6 Å². The summed E-state index contributed by atoms with van der Waals surface area (Å²) in [6.45, 7) is 1.46. The fourth-order valence-electron chi connectivity index (χ4n) is 2.21. The van der Waals surface area contributed by atoms with Crippen LogP contribution in [0.4, 0.5) is 13.2 Å². The first-order chi connectivity index (χ1) is 10.6. The van der Waals surface area contributed by atoms with Crippen molar-refractivity contribution >= 4 is 11.9 Å². The minimum Gasteiger partial charge on any atom is -0.481 e. The van der Waals surface area contributed by atoms with Gasteiger partial charge in [0.2, 0.25) is 5.91 Å². The number of ether oxygens (including phenoxy) is 1. The van der Waals surface area contributed by atoms with E-state index in [-0.39, 0.29) is 25.0 Å². The van der Waals surface area contributed by atoms with Crippen molar-refractivity contribution in [2.24, 2.45) is 0 Å². The maximum absolute atomic E-state index is 12.6. The van der Waals surface area contributed by atoms with Gasteiger partial charge < -0.3 is 15.2 Å². The Morgan fingerprint density at radius 1 is 1.30 bits per heavy atom. The third kappa shape index (κ3) is 6.27. The summed E-state index contributed by atoms with van der Waals surface area (Å²) in [5, 5.41) is 11.4. The molecule has 0 aromatic heterocycles. The van der Waals surface area contributed by atoms with E-state index in [0.717, 1.165) is 12.1 Å². The van der Waals surface area contributed by atoms with Gasteiger partial charge in [0.15, 0.2) is 0 Å². The molecule has 1 atom stereocenters. The Bertz CT molecular complexity index is 574. The number of methoxy groups -OCH3 is 1. The number of hydrogen-bond acceptors (Lipinski definition) is 3. The van der Waals surface area contributed by atoms with E-state index in [0.29, 0.717) is 0 Å². The zero-order valence-corrected chi connectivity index (χ0v) is 12.7. The maximum Gasteiger partial charge on any atom is 0.416 e. The standard InChI is InChI=1S/C15H18F3NO4/c1-14(9-23-2,8-13(21)22)19-12(20)7-10-4-3-5-11(6-10)15(16,17)18/h3-6H,7-9H2,1-2H3,(H,19,20)(H,21,22). The van der Waals surface area contributed by atoms with Crippen LogP contribution in [0.2, 0.25) is 0 Å². The predicted octanol–water partition coefficient (Wildman–Crippen LogP) is 2.24. The van der Waals surface area contributed by atoms with Crippen LogP contribution in [-0.4, -0.2) is 36.2 Å². The highest BCUT2D eigenvalue weighted by molar-refractivity contribution is 5.80. The van der Waals surface area contributed by atoms with Crippen molar-refractivity contribution in [2.45, 2.75) is 31.5 Å². The molecule has 0 aliphatic carbocycles. The number of carbonyl (C=O) groups excluding carboxylic acids is 1. The van der Waals surface area contributed by atoms with Crippen LogP contribution in [0, 0.1) is 0 Å². The molecule has 0 bridgehead atoms. The average Bonchev–Trinajstić information content (AvgIpc) is 2.36. The Balaban J connectivity index is 2.81. The van der Waals surface area contributed by atoms with E-state index >= 15 is 0 Å². The molecule has 2 N–H and O–H groups in total. The molecule has 0 fully saturated rings. The van der Waals surface area contributed by atoms with Gasteiger partial charge in [-0.3, -0.25) is 9.59 Å². The molecule has 0 radical (unpaired) electrons. The summed E-state index contributed by atoms with van der Waals surface area (Å²) < 4.78 is 42.8. The van der Waals surface area contributed by atoms with Crippen molar-refractivity contribution in [1.29, 1.82) is 0 Å². The van der Waals surface area contributed by atoms with Crippen LogP contribution >= 0.6 is 0 Å². The van der Waals surface area contributed by atoms with Crippen molar-refractivity contribution in [2.75, 3.05) is 13.7 Å². The molecular formula is C15H18F3NO4.